The van der Waals surface area contributed by atoms with Gasteiger partial charge in [0.25, 0.3) is 0 Å². The standard InChI is InChI=1S/C11H12F3N3O/c1-17-10-5-3-2-4-8(10)9(16-17)6-15-18-7-11(12,13)14/h2-5,15H,6-7H2,1H3. The minimum Gasteiger partial charge on any atom is -0.292 e. The molecule has 1 aromatic heterocycles. The zero-order chi connectivity index (χ0) is 13.2. The fourth-order valence-corrected chi connectivity index (χ4v) is 1.67. The Morgan fingerprint density at radius 1 is 1.33 bits per heavy atom. The second-order valence-corrected chi connectivity index (χ2v) is 3.81. The number of para-hydroxylation sites is 1. The van der Waals surface area contributed by atoms with Crippen LogP contribution >= 0.6 is 0 Å². The van der Waals surface area contributed by atoms with Gasteiger partial charge in [-0.15, -0.1) is 0 Å². The maximum Gasteiger partial charge on any atom is 0.413 e. The number of aromatic nitrogens is 2. The van der Waals surface area contributed by atoms with Crippen LogP contribution in [0.25, 0.3) is 10.9 Å². The molecule has 7 heteroatoms. The lowest BCUT2D eigenvalue weighted by molar-refractivity contribution is -0.190. The quantitative estimate of drug-likeness (QED) is 0.675. The Balaban J connectivity index is 2.00. The van der Waals surface area contributed by atoms with Gasteiger partial charge in [-0.25, -0.2) is 0 Å². The summed E-state index contributed by atoms with van der Waals surface area (Å²) in [7, 11) is 1.78. The topological polar surface area (TPSA) is 39.1 Å². The number of nitrogens with one attached hydrogen (secondary N) is 1. The number of aryl methyl sites for hydroxylation is 1. The van der Waals surface area contributed by atoms with Gasteiger partial charge >= 0.3 is 6.18 Å². The lowest BCUT2D eigenvalue weighted by atomic mass is 10.2. The van der Waals surface area contributed by atoms with Gasteiger partial charge in [0.05, 0.1) is 17.8 Å². The molecule has 2 rings (SSSR count). The molecule has 0 aliphatic heterocycles. The van der Waals surface area contributed by atoms with Gasteiger partial charge in [0.2, 0.25) is 0 Å². The highest BCUT2D eigenvalue weighted by Gasteiger charge is 2.27. The molecule has 0 radical (unpaired) electrons. The Labute approximate surface area is 101 Å². The van der Waals surface area contributed by atoms with Crippen molar-refractivity contribution in [2.45, 2.75) is 12.7 Å². The highest BCUT2D eigenvalue weighted by molar-refractivity contribution is 5.81. The van der Waals surface area contributed by atoms with Crippen LogP contribution in [0.2, 0.25) is 0 Å². The van der Waals surface area contributed by atoms with Crippen molar-refractivity contribution in [2.24, 2.45) is 7.05 Å². The van der Waals surface area contributed by atoms with E-state index in [0.29, 0.717) is 5.69 Å². The molecule has 2 aromatic rings. The summed E-state index contributed by atoms with van der Waals surface area (Å²) >= 11 is 0. The van der Waals surface area contributed by atoms with Gasteiger partial charge in [-0.1, -0.05) is 18.2 Å². The van der Waals surface area contributed by atoms with E-state index in [4.69, 9.17) is 0 Å². The van der Waals surface area contributed by atoms with Gasteiger partial charge in [0.1, 0.15) is 0 Å². The van der Waals surface area contributed by atoms with E-state index in [1.165, 1.54) is 0 Å². The van der Waals surface area contributed by atoms with Gasteiger partial charge in [-0.05, 0) is 6.07 Å². The van der Waals surface area contributed by atoms with Crippen molar-refractivity contribution < 1.29 is 18.0 Å². The fourth-order valence-electron chi connectivity index (χ4n) is 1.67. The fraction of sp³-hybridized carbons (Fsp3) is 0.364. The number of nitrogens with zero attached hydrogens (tertiary/aromatic N) is 2. The molecule has 1 N–H and O–H groups in total. The lowest BCUT2D eigenvalue weighted by Crippen LogP contribution is -2.24. The van der Waals surface area contributed by atoms with Crippen LogP contribution in [0.3, 0.4) is 0 Å². The third-order valence-corrected chi connectivity index (χ3v) is 2.41. The Morgan fingerprint density at radius 3 is 2.78 bits per heavy atom. The molecule has 0 bridgehead atoms. The summed E-state index contributed by atoms with van der Waals surface area (Å²) in [6, 6.07) is 7.48. The second kappa shape index (κ2) is 4.95. The average molecular weight is 259 g/mol. The monoisotopic (exact) mass is 259 g/mol. The minimum absolute atomic E-state index is 0.122. The normalized spacial score (nSPS) is 12.2. The number of rotatable bonds is 4. The Bertz CT molecular complexity index is 536. The first-order valence-electron chi connectivity index (χ1n) is 5.29. The van der Waals surface area contributed by atoms with Crippen molar-refractivity contribution in [1.82, 2.24) is 15.3 Å². The predicted molar refractivity (Wildman–Crippen MR) is 59.6 cm³/mol. The molecule has 0 fully saturated rings. The molecule has 98 valence electrons. The van der Waals surface area contributed by atoms with Crippen LogP contribution in [0.15, 0.2) is 24.3 Å². The van der Waals surface area contributed by atoms with Crippen molar-refractivity contribution in [3.63, 3.8) is 0 Å². The maximum absolute atomic E-state index is 11.9. The molecule has 0 saturated heterocycles. The molecular weight excluding hydrogens is 247 g/mol. The molecule has 0 saturated carbocycles. The summed E-state index contributed by atoms with van der Waals surface area (Å²) in [5.74, 6) is 0. The Hall–Kier alpha value is -1.60. The summed E-state index contributed by atoms with van der Waals surface area (Å²) in [6.45, 7) is -1.20. The summed E-state index contributed by atoms with van der Waals surface area (Å²) in [5.41, 5.74) is 3.84. The van der Waals surface area contributed by atoms with Crippen LogP contribution < -0.4 is 5.48 Å². The van der Waals surface area contributed by atoms with E-state index in [1.807, 2.05) is 24.3 Å². The van der Waals surface area contributed by atoms with Crippen molar-refractivity contribution >= 4 is 10.9 Å². The van der Waals surface area contributed by atoms with Crippen molar-refractivity contribution in [3.8, 4) is 0 Å². The molecule has 0 aliphatic carbocycles. The van der Waals surface area contributed by atoms with Crippen LogP contribution in [0.4, 0.5) is 13.2 Å². The molecule has 1 heterocycles. The highest BCUT2D eigenvalue weighted by Crippen LogP contribution is 2.17. The van der Waals surface area contributed by atoms with Crippen molar-refractivity contribution in [1.29, 1.82) is 0 Å². The van der Waals surface area contributed by atoms with E-state index in [9.17, 15) is 13.2 Å². The minimum atomic E-state index is -4.33. The first-order chi connectivity index (χ1) is 8.47. The molecule has 0 aliphatic rings. The molecular formula is C11H12F3N3O. The predicted octanol–water partition coefficient (Wildman–Crippen LogP) is 2.16. The third-order valence-electron chi connectivity index (χ3n) is 2.41. The van der Waals surface area contributed by atoms with Crippen LogP contribution in [-0.4, -0.2) is 22.6 Å². The van der Waals surface area contributed by atoms with Crippen LogP contribution in [-0.2, 0) is 18.4 Å². The number of hydrogen-bond acceptors (Lipinski definition) is 3. The van der Waals surface area contributed by atoms with Gasteiger partial charge in [-0.2, -0.15) is 23.8 Å². The van der Waals surface area contributed by atoms with E-state index >= 15 is 0 Å². The third kappa shape index (κ3) is 2.99. The van der Waals surface area contributed by atoms with Gasteiger partial charge in [0.15, 0.2) is 6.61 Å². The van der Waals surface area contributed by atoms with Crippen molar-refractivity contribution in [3.05, 3.63) is 30.0 Å². The zero-order valence-corrected chi connectivity index (χ0v) is 9.66. The number of hydroxylamine groups is 1. The zero-order valence-electron chi connectivity index (χ0n) is 9.66. The Morgan fingerprint density at radius 2 is 2.06 bits per heavy atom. The number of halogens is 3. The van der Waals surface area contributed by atoms with Gasteiger partial charge < -0.3 is 0 Å². The first-order valence-corrected chi connectivity index (χ1v) is 5.29. The largest absolute Gasteiger partial charge is 0.413 e. The Kier molecular flexibility index (Phi) is 3.53. The van der Waals surface area contributed by atoms with E-state index < -0.39 is 12.8 Å². The molecule has 18 heavy (non-hydrogen) atoms. The summed E-state index contributed by atoms with van der Waals surface area (Å²) in [6.07, 6.45) is -4.33. The highest BCUT2D eigenvalue weighted by atomic mass is 19.4. The molecule has 0 spiro atoms. The van der Waals surface area contributed by atoms with E-state index in [-0.39, 0.29) is 6.54 Å². The number of benzene rings is 1. The summed E-state index contributed by atoms with van der Waals surface area (Å²) in [5, 5.41) is 5.11. The number of alkyl halides is 3. The maximum atomic E-state index is 11.9. The van der Waals surface area contributed by atoms with Crippen LogP contribution in [0.1, 0.15) is 5.69 Å². The number of hydrogen-bond donors (Lipinski definition) is 1. The molecule has 0 amide bonds. The number of fused-ring (bicyclic) bond motifs is 1. The average Bonchev–Trinajstić information content (AvgIpc) is 2.62. The van der Waals surface area contributed by atoms with Gasteiger partial charge in [0, 0.05) is 12.4 Å². The molecule has 0 atom stereocenters. The van der Waals surface area contributed by atoms with Crippen LogP contribution in [0.5, 0.6) is 0 Å². The first kappa shape index (κ1) is 12.8. The SMILES string of the molecule is Cn1nc(CNOCC(F)(F)F)c2ccccc21. The van der Waals surface area contributed by atoms with Crippen LogP contribution in [0, 0.1) is 0 Å². The second-order valence-electron chi connectivity index (χ2n) is 3.81. The van der Waals surface area contributed by atoms with Crippen molar-refractivity contribution in [2.75, 3.05) is 6.61 Å². The van der Waals surface area contributed by atoms with E-state index in [1.54, 1.807) is 11.7 Å². The van der Waals surface area contributed by atoms with E-state index in [0.717, 1.165) is 10.9 Å². The summed E-state index contributed by atoms with van der Waals surface area (Å²) in [4.78, 5) is 4.34. The lowest BCUT2D eigenvalue weighted by Gasteiger charge is -2.07. The van der Waals surface area contributed by atoms with Gasteiger partial charge in [-0.3, -0.25) is 9.52 Å². The summed E-state index contributed by atoms with van der Waals surface area (Å²) < 4.78 is 37.2. The molecule has 1 aromatic carbocycles. The smallest absolute Gasteiger partial charge is 0.292 e. The molecule has 0 unspecified atom stereocenters. The molecule has 4 nitrogen and oxygen atoms in total. The van der Waals surface area contributed by atoms with E-state index in [2.05, 4.69) is 15.4 Å².